The first-order chi connectivity index (χ1) is 13.7. The van der Waals surface area contributed by atoms with Gasteiger partial charge < -0.3 is 23.7 Å². The van der Waals surface area contributed by atoms with E-state index in [-0.39, 0.29) is 18.3 Å². The number of hydrogen-bond acceptors (Lipinski definition) is 7. The van der Waals surface area contributed by atoms with E-state index in [4.69, 9.17) is 35.9 Å². The number of nitrogens with zero attached hydrogens (tertiary/aromatic N) is 2. The molecular formula is C20H29N3O5S. The standard InChI is InChI=1S/C20H29N3O5S/c1-19(2)25-12-13(26-19)15-17(28-20(3,4)27-15)24-14(12)16-21-22-18(29)23(16)11-8-9-5-6-10(11)7-9/h9-15,17H,5-8H2,1-4H3,(H,22,29). The van der Waals surface area contributed by atoms with Crippen LogP contribution < -0.4 is 0 Å². The summed E-state index contributed by atoms with van der Waals surface area (Å²) in [5.41, 5.74) is 0. The summed E-state index contributed by atoms with van der Waals surface area (Å²) < 4.78 is 34.0. The minimum atomic E-state index is -0.736. The Morgan fingerprint density at radius 3 is 2.41 bits per heavy atom. The first-order valence-corrected chi connectivity index (χ1v) is 11.2. The molecule has 1 aromatic heterocycles. The molecule has 8 atom stereocenters. The molecule has 2 saturated carbocycles. The van der Waals surface area contributed by atoms with Crippen LogP contribution in [0.1, 0.15) is 71.3 Å². The number of ether oxygens (including phenoxy) is 5. The van der Waals surface area contributed by atoms with Crippen molar-refractivity contribution in [3.05, 3.63) is 10.6 Å². The van der Waals surface area contributed by atoms with E-state index in [2.05, 4.69) is 14.8 Å². The summed E-state index contributed by atoms with van der Waals surface area (Å²) in [4.78, 5) is 0. The van der Waals surface area contributed by atoms with Crippen LogP contribution in [0.2, 0.25) is 0 Å². The zero-order chi connectivity index (χ0) is 20.1. The maximum atomic E-state index is 6.43. The van der Waals surface area contributed by atoms with Crippen molar-refractivity contribution < 1.29 is 23.7 Å². The van der Waals surface area contributed by atoms with E-state index < -0.39 is 24.0 Å². The number of hydrogen-bond donors (Lipinski definition) is 1. The summed E-state index contributed by atoms with van der Waals surface area (Å²) >= 11 is 5.65. The quantitative estimate of drug-likeness (QED) is 0.731. The zero-order valence-electron chi connectivity index (χ0n) is 17.3. The van der Waals surface area contributed by atoms with Gasteiger partial charge in [0, 0.05) is 6.04 Å². The molecule has 3 aliphatic heterocycles. The Morgan fingerprint density at radius 1 is 0.966 bits per heavy atom. The fourth-order valence-corrected chi connectivity index (χ4v) is 6.46. The van der Waals surface area contributed by atoms with E-state index in [0.717, 1.165) is 18.2 Å². The maximum Gasteiger partial charge on any atom is 0.195 e. The highest BCUT2D eigenvalue weighted by atomic mass is 32.1. The van der Waals surface area contributed by atoms with Crippen molar-refractivity contribution in [1.82, 2.24) is 14.8 Å². The lowest BCUT2D eigenvalue weighted by Gasteiger charge is -2.37. The summed E-state index contributed by atoms with van der Waals surface area (Å²) in [5.74, 6) is 0.788. The van der Waals surface area contributed by atoms with Gasteiger partial charge in [-0.2, -0.15) is 5.10 Å². The van der Waals surface area contributed by atoms with Gasteiger partial charge in [-0.05, 0) is 71.0 Å². The van der Waals surface area contributed by atoms with Gasteiger partial charge in [-0.15, -0.1) is 0 Å². The Hall–Kier alpha value is -0.840. The fourth-order valence-electron chi connectivity index (χ4n) is 6.19. The number of aromatic nitrogens is 3. The SMILES string of the molecule is CC1(C)OC2OC(c3n[nH]c(=S)n3C3CC4CCC3C4)C3OC(C)(C)OC3C2O1. The molecule has 1 N–H and O–H groups in total. The number of fused-ring (bicyclic) bond motifs is 5. The molecule has 3 saturated heterocycles. The van der Waals surface area contributed by atoms with Gasteiger partial charge in [0.1, 0.15) is 24.4 Å². The van der Waals surface area contributed by atoms with Gasteiger partial charge in [0.2, 0.25) is 0 Å². The second kappa shape index (κ2) is 6.11. The van der Waals surface area contributed by atoms with Gasteiger partial charge in [0.15, 0.2) is 28.5 Å². The summed E-state index contributed by atoms with van der Waals surface area (Å²) in [7, 11) is 0. The first kappa shape index (κ1) is 18.9. The zero-order valence-corrected chi connectivity index (χ0v) is 18.1. The highest BCUT2D eigenvalue weighted by Crippen LogP contribution is 2.53. The van der Waals surface area contributed by atoms with Crippen LogP contribution in [0.5, 0.6) is 0 Å². The molecule has 2 aliphatic carbocycles. The monoisotopic (exact) mass is 423 g/mol. The van der Waals surface area contributed by atoms with Gasteiger partial charge in [-0.25, -0.2) is 0 Å². The molecule has 8 unspecified atom stereocenters. The Kier molecular flexibility index (Phi) is 3.98. The predicted molar refractivity (Wildman–Crippen MR) is 103 cm³/mol. The number of rotatable bonds is 2. The molecule has 0 aromatic carbocycles. The van der Waals surface area contributed by atoms with E-state index in [1.54, 1.807) is 0 Å². The van der Waals surface area contributed by atoms with E-state index >= 15 is 0 Å². The van der Waals surface area contributed by atoms with Crippen molar-refractivity contribution in [2.24, 2.45) is 11.8 Å². The van der Waals surface area contributed by atoms with Crippen LogP contribution in [0.15, 0.2) is 0 Å². The van der Waals surface area contributed by atoms with Crippen LogP contribution >= 0.6 is 12.2 Å². The Balaban J connectivity index is 1.39. The Bertz CT molecular complexity index is 882. The maximum absolute atomic E-state index is 6.43. The van der Waals surface area contributed by atoms with Crippen LogP contribution in [0.25, 0.3) is 0 Å². The van der Waals surface area contributed by atoms with Crippen LogP contribution in [-0.2, 0) is 23.7 Å². The molecule has 9 heteroatoms. The predicted octanol–water partition coefficient (Wildman–Crippen LogP) is 3.37. The molecule has 8 nitrogen and oxygen atoms in total. The molecule has 0 amide bonds. The van der Waals surface area contributed by atoms with Gasteiger partial charge in [-0.1, -0.05) is 6.42 Å². The number of H-pyrrole nitrogens is 1. The Morgan fingerprint density at radius 2 is 1.69 bits per heavy atom. The first-order valence-electron chi connectivity index (χ1n) is 10.7. The average molecular weight is 424 g/mol. The van der Waals surface area contributed by atoms with Crippen LogP contribution in [-0.4, -0.2) is 50.9 Å². The van der Waals surface area contributed by atoms with Crippen LogP contribution in [0.3, 0.4) is 0 Å². The molecule has 160 valence electrons. The lowest BCUT2D eigenvalue weighted by molar-refractivity contribution is -0.238. The molecule has 5 aliphatic rings. The van der Waals surface area contributed by atoms with Crippen LogP contribution in [0.4, 0.5) is 0 Å². The lowest BCUT2D eigenvalue weighted by atomic mass is 9.94. The van der Waals surface area contributed by atoms with Crippen molar-refractivity contribution in [3.8, 4) is 0 Å². The smallest absolute Gasteiger partial charge is 0.195 e. The summed E-state index contributed by atoms with van der Waals surface area (Å²) in [5, 5.41) is 7.63. The molecule has 6 rings (SSSR count). The molecule has 0 radical (unpaired) electrons. The molecule has 0 spiro atoms. The van der Waals surface area contributed by atoms with Crippen molar-refractivity contribution in [2.45, 2.75) is 102 Å². The normalized spacial score (nSPS) is 46.8. The minimum Gasteiger partial charge on any atom is -0.342 e. The van der Waals surface area contributed by atoms with Gasteiger partial charge in [0.05, 0.1) is 0 Å². The average Bonchev–Trinajstić information content (AvgIpc) is 3.40. The second-order valence-electron chi connectivity index (χ2n) is 10.1. The highest BCUT2D eigenvalue weighted by Gasteiger charge is 2.62. The van der Waals surface area contributed by atoms with Gasteiger partial charge in [0.25, 0.3) is 0 Å². The lowest BCUT2D eigenvalue weighted by Crippen LogP contribution is -2.52. The highest BCUT2D eigenvalue weighted by molar-refractivity contribution is 7.71. The number of nitrogens with one attached hydrogen (secondary N) is 1. The third kappa shape index (κ3) is 2.89. The van der Waals surface area contributed by atoms with Crippen LogP contribution in [0, 0.1) is 16.6 Å². The van der Waals surface area contributed by atoms with Gasteiger partial charge in [-0.3, -0.25) is 9.67 Å². The summed E-state index contributed by atoms with van der Waals surface area (Å²) in [6.45, 7) is 7.63. The third-order valence-corrected chi connectivity index (χ3v) is 7.46. The molecule has 5 fully saturated rings. The molecular weight excluding hydrogens is 394 g/mol. The van der Waals surface area contributed by atoms with Crippen molar-refractivity contribution in [2.75, 3.05) is 0 Å². The summed E-state index contributed by atoms with van der Waals surface area (Å²) in [6.07, 6.45) is 3.10. The molecule has 2 bridgehead atoms. The van der Waals surface area contributed by atoms with E-state index in [0.29, 0.717) is 16.7 Å². The molecule has 1 aromatic rings. The van der Waals surface area contributed by atoms with E-state index in [1.165, 1.54) is 19.3 Å². The number of aromatic amines is 1. The molecule has 4 heterocycles. The van der Waals surface area contributed by atoms with E-state index in [9.17, 15) is 0 Å². The van der Waals surface area contributed by atoms with Gasteiger partial charge >= 0.3 is 0 Å². The topological polar surface area (TPSA) is 79.8 Å². The Labute approximate surface area is 175 Å². The third-order valence-electron chi connectivity index (χ3n) is 7.17. The largest absolute Gasteiger partial charge is 0.342 e. The minimum absolute atomic E-state index is 0.297. The van der Waals surface area contributed by atoms with Crippen molar-refractivity contribution >= 4 is 12.2 Å². The second-order valence-corrected chi connectivity index (χ2v) is 10.5. The summed E-state index contributed by atoms with van der Waals surface area (Å²) in [6, 6.07) is 0.377. The molecule has 29 heavy (non-hydrogen) atoms. The van der Waals surface area contributed by atoms with Crippen molar-refractivity contribution in [3.63, 3.8) is 0 Å². The fraction of sp³-hybridized carbons (Fsp3) is 0.900. The van der Waals surface area contributed by atoms with E-state index in [1.807, 2.05) is 27.7 Å². The van der Waals surface area contributed by atoms with Crippen molar-refractivity contribution in [1.29, 1.82) is 0 Å².